The highest BCUT2D eigenvalue weighted by Crippen LogP contribution is 2.25. The van der Waals surface area contributed by atoms with Gasteiger partial charge in [-0.3, -0.25) is 13.8 Å². The van der Waals surface area contributed by atoms with Gasteiger partial charge < -0.3 is 5.32 Å². The van der Waals surface area contributed by atoms with Gasteiger partial charge in [-0.05, 0) is 79.7 Å². The van der Waals surface area contributed by atoms with Crippen molar-refractivity contribution in [2.24, 2.45) is 0 Å². The molecule has 0 saturated carbocycles. The van der Waals surface area contributed by atoms with Crippen molar-refractivity contribution in [1.82, 2.24) is 0 Å². The van der Waals surface area contributed by atoms with Crippen molar-refractivity contribution in [3.8, 4) is 0 Å². The minimum atomic E-state index is -4.16. The number of hydrogen-bond donors (Lipinski definition) is 2. The van der Waals surface area contributed by atoms with Gasteiger partial charge in [0.25, 0.3) is 20.0 Å². The number of nitrogens with zero attached hydrogens (tertiary/aromatic N) is 1. The highest BCUT2D eigenvalue weighted by molar-refractivity contribution is 7.93. The molecule has 8 nitrogen and oxygen atoms in total. The zero-order valence-electron chi connectivity index (χ0n) is 20.2. The summed E-state index contributed by atoms with van der Waals surface area (Å²) in [6, 6.07) is 24.7. The lowest BCUT2D eigenvalue weighted by molar-refractivity contribution is -0.114. The maximum absolute atomic E-state index is 13.5. The van der Waals surface area contributed by atoms with Crippen LogP contribution in [0, 0.1) is 12.7 Å². The SMILES string of the molecule is Cc1ccc(S(=O)(=O)N(CC(=O)Nc2ccc(S(=O)(=O)Nc3ccccc3)cc2)c2ccc(F)cc2)cc1. The second kappa shape index (κ2) is 11.0. The fourth-order valence-corrected chi connectivity index (χ4v) is 6.01. The van der Waals surface area contributed by atoms with Crippen LogP contribution >= 0.6 is 0 Å². The monoisotopic (exact) mass is 553 g/mol. The molecule has 0 unspecified atom stereocenters. The van der Waals surface area contributed by atoms with E-state index in [1.165, 1.54) is 48.5 Å². The van der Waals surface area contributed by atoms with Gasteiger partial charge >= 0.3 is 0 Å². The Hall–Kier alpha value is -4.22. The van der Waals surface area contributed by atoms with Gasteiger partial charge in [0.05, 0.1) is 15.5 Å². The molecule has 0 aliphatic carbocycles. The van der Waals surface area contributed by atoms with E-state index in [-0.39, 0.29) is 21.2 Å². The van der Waals surface area contributed by atoms with Gasteiger partial charge in [-0.15, -0.1) is 0 Å². The van der Waals surface area contributed by atoms with E-state index in [0.717, 1.165) is 22.0 Å². The molecule has 0 aliphatic heterocycles. The minimum Gasteiger partial charge on any atom is -0.325 e. The molecular weight excluding hydrogens is 529 g/mol. The molecule has 4 aromatic carbocycles. The number of halogens is 1. The first kappa shape index (κ1) is 26.8. The third-order valence-corrected chi connectivity index (χ3v) is 8.67. The van der Waals surface area contributed by atoms with E-state index in [1.54, 1.807) is 42.5 Å². The molecule has 38 heavy (non-hydrogen) atoms. The molecular formula is C27H24FN3O5S2. The second-order valence-electron chi connectivity index (χ2n) is 8.35. The van der Waals surface area contributed by atoms with Gasteiger partial charge in [-0.2, -0.15) is 0 Å². The molecule has 0 aromatic heterocycles. The summed E-state index contributed by atoms with van der Waals surface area (Å²) in [5.74, 6) is -1.23. The average Bonchev–Trinajstić information content (AvgIpc) is 2.89. The molecule has 0 spiro atoms. The van der Waals surface area contributed by atoms with Crippen molar-refractivity contribution in [1.29, 1.82) is 0 Å². The Kier molecular flexibility index (Phi) is 7.79. The number of aryl methyl sites for hydroxylation is 1. The Balaban J connectivity index is 1.53. The number of benzene rings is 4. The van der Waals surface area contributed by atoms with Crippen molar-refractivity contribution >= 4 is 43.0 Å². The lowest BCUT2D eigenvalue weighted by Crippen LogP contribution is -2.38. The van der Waals surface area contributed by atoms with E-state index >= 15 is 0 Å². The summed E-state index contributed by atoms with van der Waals surface area (Å²) in [6.07, 6.45) is 0. The average molecular weight is 554 g/mol. The highest BCUT2D eigenvalue weighted by Gasteiger charge is 2.27. The number of rotatable bonds is 9. The number of hydrogen-bond acceptors (Lipinski definition) is 5. The van der Waals surface area contributed by atoms with Crippen LogP contribution in [0.4, 0.5) is 21.5 Å². The van der Waals surface area contributed by atoms with E-state index < -0.39 is 38.3 Å². The molecule has 196 valence electrons. The zero-order chi connectivity index (χ0) is 27.3. The maximum Gasteiger partial charge on any atom is 0.264 e. The standard InChI is InChI=1S/C27H24FN3O5S2/c1-20-7-15-26(16-8-20)38(35,36)31(24-13-9-21(28)10-14-24)19-27(32)29-22-11-17-25(18-12-22)37(33,34)30-23-5-3-2-4-6-23/h2-18,30H,19H2,1H3,(H,29,32). The van der Waals surface area contributed by atoms with Gasteiger partial charge in [0.1, 0.15) is 12.4 Å². The van der Waals surface area contributed by atoms with Crippen LogP contribution in [0.3, 0.4) is 0 Å². The van der Waals surface area contributed by atoms with E-state index in [1.807, 2.05) is 6.92 Å². The molecule has 11 heteroatoms. The summed E-state index contributed by atoms with van der Waals surface area (Å²) in [5, 5.41) is 2.58. The highest BCUT2D eigenvalue weighted by atomic mass is 32.2. The largest absolute Gasteiger partial charge is 0.325 e. The molecule has 0 heterocycles. The fraction of sp³-hybridized carbons (Fsp3) is 0.0741. The molecule has 2 N–H and O–H groups in total. The first-order chi connectivity index (χ1) is 18.0. The smallest absolute Gasteiger partial charge is 0.264 e. The quantitative estimate of drug-likeness (QED) is 0.310. The van der Waals surface area contributed by atoms with Crippen molar-refractivity contribution in [2.45, 2.75) is 16.7 Å². The summed E-state index contributed by atoms with van der Waals surface area (Å²) >= 11 is 0. The van der Waals surface area contributed by atoms with Crippen LogP contribution in [0.2, 0.25) is 0 Å². The Labute approximate surface area is 220 Å². The molecule has 0 atom stereocenters. The summed E-state index contributed by atoms with van der Waals surface area (Å²) in [4.78, 5) is 12.9. The van der Waals surface area contributed by atoms with Gasteiger partial charge in [-0.1, -0.05) is 35.9 Å². The topological polar surface area (TPSA) is 113 Å². The number of carbonyl (C=O) groups is 1. The van der Waals surface area contributed by atoms with E-state index in [2.05, 4.69) is 10.0 Å². The predicted octanol–water partition coefficient (Wildman–Crippen LogP) is 4.77. The van der Waals surface area contributed by atoms with Crippen LogP contribution in [0.25, 0.3) is 0 Å². The van der Waals surface area contributed by atoms with Crippen molar-refractivity contribution < 1.29 is 26.0 Å². The number of carbonyl (C=O) groups excluding carboxylic acids is 1. The van der Waals surface area contributed by atoms with Crippen LogP contribution in [0.1, 0.15) is 5.56 Å². The summed E-state index contributed by atoms with van der Waals surface area (Å²) in [7, 11) is -8.02. The number of amides is 1. The van der Waals surface area contributed by atoms with Crippen molar-refractivity contribution in [2.75, 3.05) is 20.9 Å². The van der Waals surface area contributed by atoms with Crippen LogP contribution in [-0.2, 0) is 24.8 Å². The molecule has 0 radical (unpaired) electrons. The van der Waals surface area contributed by atoms with Crippen LogP contribution in [0.15, 0.2) is 113 Å². The summed E-state index contributed by atoms with van der Waals surface area (Å²) < 4.78 is 68.9. The van der Waals surface area contributed by atoms with Gasteiger partial charge in [0.2, 0.25) is 5.91 Å². The molecule has 1 amide bonds. The number of para-hydroxylation sites is 1. The van der Waals surface area contributed by atoms with Gasteiger partial charge in [0, 0.05) is 11.4 Å². The first-order valence-electron chi connectivity index (χ1n) is 11.4. The zero-order valence-corrected chi connectivity index (χ0v) is 21.8. The number of nitrogens with one attached hydrogen (secondary N) is 2. The van der Waals surface area contributed by atoms with E-state index in [0.29, 0.717) is 5.69 Å². The lowest BCUT2D eigenvalue weighted by atomic mass is 10.2. The van der Waals surface area contributed by atoms with Crippen LogP contribution < -0.4 is 14.3 Å². The molecule has 0 fully saturated rings. The third kappa shape index (κ3) is 6.36. The second-order valence-corrected chi connectivity index (χ2v) is 11.9. The Morgan fingerprint density at radius 1 is 0.737 bits per heavy atom. The number of sulfonamides is 2. The van der Waals surface area contributed by atoms with E-state index in [9.17, 15) is 26.0 Å². The molecule has 4 aromatic rings. The lowest BCUT2D eigenvalue weighted by Gasteiger charge is -2.24. The number of anilines is 3. The maximum atomic E-state index is 13.5. The Morgan fingerprint density at radius 2 is 1.32 bits per heavy atom. The van der Waals surface area contributed by atoms with Crippen molar-refractivity contribution in [3.63, 3.8) is 0 Å². The van der Waals surface area contributed by atoms with Gasteiger partial charge in [-0.25, -0.2) is 21.2 Å². The Morgan fingerprint density at radius 3 is 1.92 bits per heavy atom. The normalized spacial score (nSPS) is 11.5. The molecule has 0 aliphatic rings. The first-order valence-corrected chi connectivity index (χ1v) is 14.3. The minimum absolute atomic E-state index is 0.0192. The third-order valence-electron chi connectivity index (χ3n) is 5.49. The van der Waals surface area contributed by atoms with Crippen LogP contribution in [0.5, 0.6) is 0 Å². The Bertz CT molecular complexity index is 1630. The van der Waals surface area contributed by atoms with Gasteiger partial charge in [0.15, 0.2) is 0 Å². The predicted molar refractivity (Wildman–Crippen MR) is 144 cm³/mol. The fourth-order valence-electron chi connectivity index (χ4n) is 3.53. The molecule has 0 bridgehead atoms. The molecule has 0 saturated heterocycles. The van der Waals surface area contributed by atoms with Crippen LogP contribution in [-0.4, -0.2) is 29.3 Å². The summed E-state index contributed by atoms with van der Waals surface area (Å²) in [5.41, 5.74) is 1.64. The van der Waals surface area contributed by atoms with Crippen molar-refractivity contribution in [3.05, 3.63) is 115 Å². The molecule has 4 rings (SSSR count). The summed E-state index contributed by atoms with van der Waals surface area (Å²) in [6.45, 7) is 1.22. The van der Waals surface area contributed by atoms with E-state index in [4.69, 9.17) is 0 Å².